The molecule has 0 bridgehead atoms. The third-order valence-corrected chi connectivity index (χ3v) is 3.99. The van der Waals surface area contributed by atoms with Gasteiger partial charge in [-0.2, -0.15) is 5.10 Å². The van der Waals surface area contributed by atoms with Crippen LogP contribution in [0.2, 0.25) is 0 Å². The van der Waals surface area contributed by atoms with E-state index in [1.54, 1.807) is 15.6 Å². The molecule has 106 valence electrons. The summed E-state index contributed by atoms with van der Waals surface area (Å²) < 4.78 is 31.3. The number of nitrogens with zero attached hydrogens (tertiary/aromatic N) is 4. The highest BCUT2D eigenvalue weighted by atomic mass is 32.1. The molecule has 1 aromatic heterocycles. The van der Waals surface area contributed by atoms with Gasteiger partial charge in [0.1, 0.15) is 24.6 Å². The average Bonchev–Trinajstić information content (AvgIpc) is 2.70. The lowest BCUT2D eigenvalue weighted by Gasteiger charge is -2.31. The Hall–Kier alpha value is -1.76. The Balaban J connectivity index is 1.98. The van der Waals surface area contributed by atoms with Crippen LogP contribution in [0.15, 0.2) is 18.5 Å². The van der Waals surface area contributed by atoms with Crippen molar-refractivity contribution in [3.05, 3.63) is 40.4 Å². The maximum absolute atomic E-state index is 14.0. The average molecular weight is 296 g/mol. The lowest BCUT2D eigenvalue weighted by Crippen LogP contribution is -2.33. The van der Waals surface area contributed by atoms with Crippen LogP contribution in [0.5, 0.6) is 0 Å². The van der Waals surface area contributed by atoms with Crippen LogP contribution in [0.3, 0.4) is 0 Å². The van der Waals surface area contributed by atoms with Gasteiger partial charge in [0.05, 0.1) is 5.69 Å². The summed E-state index contributed by atoms with van der Waals surface area (Å²) in [5.74, 6) is -1.06. The summed E-state index contributed by atoms with van der Waals surface area (Å²) in [5, 5.41) is 4.17. The third kappa shape index (κ3) is 2.22. The van der Waals surface area contributed by atoms with Crippen molar-refractivity contribution in [2.75, 3.05) is 11.4 Å². The topological polar surface area (TPSA) is 26.0 Å². The van der Waals surface area contributed by atoms with Gasteiger partial charge in [0.15, 0.2) is 4.77 Å². The van der Waals surface area contributed by atoms with Gasteiger partial charge in [0.2, 0.25) is 0 Å². The van der Waals surface area contributed by atoms with Crippen LogP contribution in [0, 0.1) is 16.4 Å². The highest BCUT2D eigenvalue weighted by Gasteiger charge is 2.22. The third-order valence-electron chi connectivity index (χ3n) is 3.49. The van der Waals surface area contributed by atoms with Gasteiger partial charge < -0.3 is 9.47 Å². The number of benzene rings is 1. The number of halogens is 2. The second-order valence-electron chi connectivity index (χ2n) is 4.93. The summed E-state index contributed by atoms with van der Waals surface area (Å²) in [6.45, 7) is 1.07. The zero-order chi connectivity index (χ0) is 14.3. The maximum atomic E-state index is 14.0. The molecule has 3 rings (SSSR count). The van der Waals surface area contributed by atoms with Gasteiger partial charge >= 0.3 is 0 Å². The van der Waals surface area contributed by atoms with E-state index in [9.17, 15) is 8.78 Å². The fourth-order valence-electron chi connectivity index (χ4n) is 2.56. The highest BCUT2D eigenvalue weighted by molar-refractivity contribution is 7.71. The Morgan fingerprint density at radius 3 is 2.85 bits per heavy atom. The van der Waals surface area contributed by atoms with E-state index in [0.29, 0.717) is 35.7 Å². The molecule has 0 saturated heterocycles. The minimum Gasteiger partial charge on any atom is -0.349 e. The lowest BCUT2D eigenvalue weighted by molar-refractivity contribution is 0.516. The number of aromatic nitrogens is 3. The minimum absolute atomic E-state index is 0.370. The standard InChI is InChI=1S/C13H14F2N4S/c1-17-7-16-19(13(17)20)8-18-4-2-3-9-5-10(14)6-11(15)12(9)18/h5-7H,2-4,8H2,1H3. The summed E-state index contributed by atoms with van der Waals surface area (Å²) >= 11 is 5.23. The van der Waals surface area contributed by atoms with Crippen molar-refractivity contribution in [2.24, 2.45) is 7.05 Å². The van der Waals surface area contributed by atoms with Crippen molar-refractivity contribution in [3.8, 4) is 0 Å². The predicted octanol–water partition coefficient (Wildman–Crippen LogP) is 2.64. The van der Waals surface area contributed by atoms with E-state index in [0.717, 1.165) is 12.5 Å². The molecule has 2 aromatic rings. The van der Waals surface area contributed by atoms with Gasteiger partial charge in [0.25, 0.3) is 0 Å². The van der Waals surface area contributed by atoms with Crippen molar-refractivity contribution in [2.45, 2.75) is 19.5 Å². The fraction of sp³-hybridized carbons (Fsp3) is 0.385. The summed E-state index contributed by atoms with van der Waals surface area (Å²) in [4.78, 5) is 1.86. The first-order chi connectivity index (χ1) is 9.56. The van der Waals surface area contributed by atoms with Crippen LogP contribution in [-0.4, -0.2) is 20.9 Å². The second-order valence-corrected chi connectivity index (χ2v) is 5.29. The van der Waals surface area contributed by atoms with E-state index < -0.39 is 11.6 Å². The number of hydrogen-bond acceptors (Lipinski definition) is 3. The summed E-state index contributed by atoms with van der Waals surface area (Å²) in [7, 11) is 1.81. The normalized spacial score (nSPS) is 14.4. The minimum atomic E-state index is -0.530. The van der Waals surface area contributed by atoms with E-state index >= 15 is 0 Å². The van der Waals surface area contributed by atoms with Gasteiger partial charge in [-0.1, -0.05) is 0 Å². The van der Waals surface area contributed by atoms with Crippen LogP contribution >= 0.6 is 12.2 Å². The van der Waals surface area contributed by atoms with Crippen molar-refractivity contribution >= 4 is 17.9 Å². The van der Waals surface area contributed by atoms with E-state index in [1.165, 1.54) is 6.07 Å². The van der Waals surface area contributed by atoms with Gasteiger partial charge in [-0.05, 0) is 36.7 Å². The van der Waals surface area contributed by atoms with E-state index in [4.69, 9.17) is 12.2 Å². The van der Waals surface area contributed by atoms with E-state index in [1.807, 2.05) is 11.9 Å². The molecule has 0 amide bonds. The first-order valence-corrected chi connectivity index (χ1v) is 6.78. The quantitative estimate of drug-likeness (QED) is 0.797. The molecule has 0 N–H and O–H groups in total. The van der Waals surface area contributed by atoms with Gasteiger partial charge in [-0.15, -0.1) is 0 Å². The van der Waals surface area contributed by atoms with Crippen molar-refractivity contribution in [1.82, 2.24) is 14.3 Å². The molecule has 7 heteroatoms. The van der Waals surface area contributed by atoms with Crippen LogP contribution in [-0.2, 0) is 20.1 Å². The van der Waals surface area contributed by atoms with Crippen molar-refractivity contribution in [3.63, 3.8) is 0 Å². The maximum Gasteiger partial charge on any atom is 0.199 e. The number of aryl methyl sites for hydroxylation is 2. The molecule has 0 aliphatic carbocycles. The SMILES string of the molecule is Cn1cnn(CN2CCCc3cc(F)cc(F)c32)c1=S. The van der Waals surface area contributed by atoms with Crippen LogP contribution < -0.4 is 4.90 Å². The molecular formula is C13H14F2N4S. The Morgan fingerprint density at radius 2 is 2.15 bits per heavy atom. The molecule has 2 heterocycles. The molecule has 4 nitrogen and oxygen atoms in total. The van der Waals surface area contributed by atoms with E-state index in [2.05, 4.69) is 5.10 Å². The van der Waals surface area contributed by atoms with Crippen LogP contribution in [0.25, 0.3) is 0 Å². The molecule has 1 aliphatic rings. The Morgan fingerprint density at radius 1 is 1.35 bits per heavy atom. The molecule has 1 aliphatic heterocycles. The van der Waals surface area contributed by atoms with Gasteiger partial charge in [-0.3, -0.25) is 0 Å². The molecule has 0 fully saturated rings. The number of hydrogen-bond donors (Lipinski definition) is 0. The van der Waals surface area contributed by atoms with E-state index in [-0.39, 0.29) is 0 Å². The monoisotopic (exact) mass is 296 g/mol. The highest BCUT2D eigenvalue weighted by Crippen LogP contribution is 2.31. The zero-order valence-corrected chi connectivity index (χ0v) is 11.8. The first kappa shape index (κ1) is 13.2. The van der Waals surface area contributed by atoms with Crippen LogP contribution in [0.4, 0.5) is 14.5 Å². The molecule has 0 unspecified atom stereocenters. The lowest BCUT2D eigenvalue weighted by atomic mass is 10.0. The van der Waals surface area contributed by atoms with Crippen LogP contribution in [0.1, 0.15) is 12.0 Å². The molecular weight excluding hydrogens is 282 g/mol. The molecule has 0 spiro atoms. The Bertz CT molecular complexity index is 707. The van der Waals surface area contributed by atoms with Gasteiger partial charge in [-0.25, -0.2) is 13.5 Å². The Kier molecular flexibility index (Phi) is 3.29. The molecule has 0 atom stereocenters. The molecule has 20 heavy (non-hydrogen) atoms. The summed E-state index contributed by atoms with van der Waals surface area (Å²) in [6.07, 6.45) is 3.17. The number of fused-ring (bicyclic) bond motifs is 1. The fourth-order valence-corrected chi connectivity index (χ4v) is 2.71. The largest absolute Gasteiger partial charge is 0.349 e. The van der Waals surface area contributed by atoms with Gasteiger partial charge in [0, 0.05) is 19.7 Å². The molecule has 1 aromatic carbocycles. The first-order valence-electron chi connectivity index (χ1n) is 6.37. The molecule has 0 saturated carbocycles. The second kappa shape index (κ2) is 4.97. The Labute approximate surface area is 120 Å². The molecule has 0 radical (unpaired) electrons. The number of rotatable bonds is 2. The summed E-state index contributed by atoms with van der Waals surface area (Å²) in [5.41, 5.74) is 1.17. The van der Waals surface area contributed by atoms with Crippen molar-refractivity contribution < 1.29 is 8.78 Å². The smallest absolute Gasteiger partial charge is 0.199 e. The summed E-state index contributed by atoms with van der Waals surface area (Å²) in [6, 6.07) is 2.33. The van der Waals surface area contributed by atoms with Crippen molar-refractivity contribution in [1.29, 1.82) is 0 Å². The zero-order valence-electron chi connectivity index (χ0n) is 11.0. The predicted molar refractivity (Wildman–Crippen MR) is 74.1 cm³/mol. The number of anilines is 1.